The van der Waals surface area contributed by atoms with Crippen molar-refractivity contribution in [3.63, 3.8) is 0 Å². The Kier molecular flexibility index (Phi) is 5.60. The molecule has 2 N–H and O–H groups in total. The number of carboxylic acids is 1. The van der Waals surface area contributed by atoms with Crippen LogP contribution in [0, 0.1) is 0 Å². The van der Waals surface area contributed by atoms with E-state index in [0.717, 1.165) is 16.3 Å². The number of anilines is 2. The maximum Gasteiger partial charge on any atom is 0.303 e. The van der Waals surface area contributed by atoms with E-state index in [0.29, 0.717) is 23.4 Å². The number of carbonyl (C=O) groups is 3. The number of hydrogen-bond donors (Lipinski definition) is 2. The van der Waals surface area contributed by atoms with Crippen molar-refractivity contribution < 1.29 is 23.9 Å². The quantitative estimate of drug-likeness (QED) is 0.547. The SMILES string of the molecule is O=C(O)CCC(=O)N1c2ccccc2NC2=C(C(=O)C[C@@H](c3ccco3)C2)[C@H]1c1cccs1. The lowest BCUT2D eigenvalue weighted by Crippen LogP contribution is -2.38. The van der Waals surface area contributed by atoms with Crippen LogP contribution in [0.4, 0.5) is 11.4 Å². The smallest absolute Gasteiger partial charge is 0.303 e. The molecule has 0 unspecified atom stereocenters. The molecule has 0 spiro atoms. The predicted octanol–water partition coefficient (Wildman–Crippen LogP) is 5.11. The molecular formula is C25H22N2O5S. The van der Waals surface area contributed by atoms with Crippen molar-refractivity contribution in [1.82, 2.24) is 0 Å². The van der Waals surface area contributed by atoms with Gasteiger partial charge in [0, 0.05) is 34.9 Å². The average Bonchev–Trinajstić information content (AvgIpc) is 3.49. The highest BCUT2D eigenvalue weighted by molar-refractivity contribution is 7.10. The molecule has 0 radical (unpaired) electrons. The topological polar surface area (TPSA) is 99.9 Å². The standard InChI is InChI=1S/C25H22N2O5S/c28-19-14-15(20-7-3-11-32-20)13-17-24(19)25(21-8-4-12-33-21)27(22(29)9-10-23(30)31)18-6-2-1-5-16(18)26-17/h1-8,11-12,15,25-26H,9-10,13-14H2,(H,30,31)/t15-,25+/m0/s1. The lowest BCUT2D eigenvalue weighted by Gasteiger charge is -2.34. The zero-order chi connectivity index (χ0) is 22.9. The normalized spacial score (nSPS) is 20.0. The fourth-order valence-corrected chi connectivity index (χ4v) is 5.46. The summed E-state index contributed by atoms with van der Waals surface area (Å²) in [5.74, 6) is -0.750. The van der Waals surface area contributed by atoms with Crippen LogP contribution in [0.3, 0.4) is 0 Å². The summed E-state index contributed by atoms with van der Waals surface area (Å²) in [6.07, 6.45) is 2.03. The summed E-state index contributed by atoms with van der Waals surface area (Å²) in [6, 6.07) is 14.3. The summed E-state index contributed by atoms with van der Waals surface area (Å²) in [6.45, 7) is 0. The molecule has 2 atom stereocenters. The van der Waals surface area contributed by atoms with Crippen LogP contribution in [0.25, 0.3) is 0 Å². The number of hydrogen-bond acceptors (Lipinski definition) is 6. The van der Waals surface area contributed by atoms with Gasteiger partial charge in [-0.25, -0.2) is 0 Å². The second kappa shape index (κ2) is 8.71. The number of thiophene rings is 1. The van der Waals surface area contributed by atoms with Gasteiger partial charge in [0.1, 0.15) is 11.8 Å². The molecule has 1 aliphatic heterocycles. The number of amides is 1. The number of Topliss-reactive ketones (excluding diaryl/α,β-unsaturated/α-hetero) is 1. The number of carboxylic acid groups (broad SMARTS) is 1. The third kappa shape index (κ3) is 3.98. The molecule has 0 bridgehead atoms. The molecule has 168 valence electrons. The van der Waals surface area contributed by atoms with Crippen molar-refractivity contribution in [3.8, 4) is 0 Å². The third-order valence-electron chi connectivity index (χ3n) is 6.07. The van der Waals surface area contributed by atoms with Gasteiger partial charge in [0.05, 0.1) is 24.1 Å². The number of rotatable bonds is 5. The summed E-state index contributed by atoms with van der Waals surface area (Å²) >= 11 is 1.47. The van der Waals surface area contributed by atoms with Crippen molar-refractivity contribution in [2.24, 2.45) is 0 Å². The number of nitrogens with one attached hydrogen (secondary N) is 1. The second-order valence-electron chi connectivity index (χ2n) is 8.15. The molecular weight excluding hydrogens is 440 g/mol. The van der Waals surface area contributed by atoms with Gasteiger partial charge in [-0.15, -0.1) is 11.3 Å². The van der Waals surface area contributed by atoms with E-state index >= 15 is 0 Å². The Bertz CT molecular complexity index is 1230. The minimum atomic E-state index is -1.04. The summed E-state index contributed by atoms with van der Waals surface area (Å²) in [5.41, 5.74) is 2.66. The highest BCUT2D eigenvalue weighted by Gasteiger charge is 2.42. The predicted molar refractivity (Wildman–Crippen MR) is 124 cm³/mol. The van der Waals surface area contributed by atoms with E-state index in [9.17, 15) is 14.4 Å². The molecule has 1 aromatic carbocycles. The number of furan rings is 1. The van der Waals surface area contributed by atoms with Gasteiger partial charge in [0.15, 0.2) is 5.78 Å². The number of para-hydroxylation sites is 2. The van der Waals surface area contributed by atoms with E-state index in [1.807, 2.05) is 53.9 Å². The fraction of sp³-hybridized carbons (Fsp3) is 0.240. The van der Waals surface area contributed by atoms with Crippen molar-refractivity contribution in [3.05, 3.63) is 82.1 Å². The molecule has 3 heterocycles. The minimum Gasteiger partial charge on any atom is -0.481 e. The van der Waals surface area contributed by atoms with Crippen LogP contribution in [0.5, 0.6) is 0 Å². The van der Waals surface area contributed by atoms with E-state index in [-0.39, 0.29) is 36.9 Å². The zero-order valence-corrected chi connectivity index (χ0v) is 18.5. The highest BCUT2D eigenvalue weighted by Crippen LogP contribution is 2.48. The van der Waals surface area contributed by atoms with E-state index in [1.54, 1.807) is 11.2 Å². The van der Waals surface area contributed by atoms with Crippen LogP contribution in [-0.2, 0) is 14.4 Å². The van der Waals surface area contributed by atoms with E-state index in [1.165, 1.54) is 11.3 Å². The van der Waals surface area contributed by atoms with Crippen LogP contribution in [0.15, 0.2) is 75.9 Å². The first-order chi connectivity index (χ1) is 16.0. The molecule has 0 fully saturated rings. The van der Waals surface area contributed by atoms with Gasteiger partial charge in [0.2, 0.25) is 5.91 Å². The molecule has 7 nitrogen and oxygen atoms in total. The molecule has 2 aromatic heterocycles. The second-order valence-corrected chi connectivity index (χ2v) is 9.13. The van der Waals surface area contributed by atoms with Crippen LogP contribution in [0.2, 0.25) is 0 Å². The third-order valence-corrected chi connectivity index (χ3v) is 6.99. The molecule has 8 heteroatoms. The molecule has 3 aromatic rings. The van der Waals surface area contributed by atoms with Gasteiger partial charge in [0.25, 0.3) is 0 Å². The van der Waals surface area contributed by atoms with Gasteiger partial charge in [-0.1, -0.05) is 18.2 Å². The summed E-state index contributed by atoms with van der Waals surface area (Å²) in [4.78, 5) is 40.7. The highest BCUT2D eigenvalue weighted by atomic mass is 32.1. The van der Waals surface area contributed by atoms with Gasteiger partial charge in [-0.2, -0.15) is 0 Å². The van der Waals surface area contributed by atoms with E-state index in [4.69, 9.17) is 9.52 Å². The summed E-state index contributed by atoms with van der Waals surface area (Å²) < 4.78 is 5.59. The maximum atomic E-state index is 13.6. The Morgan fingerprint density at radius 2 is 1.94 bits per heavy atom. The first kappa shape index (κ1) is 21.2. The lowest BCUT2D eigenvalue weighted by atomic mass is 9.81. The Morgan fingerprint density at radius 3 is 2.67 bits per heavy atom. The number of carbonyl (C=O) groups excluding carboxylic acids is 2. The van der Waals surface area contributed by atoms with Crippen molar-refractivity contribution in [2.45, 2.75) is 37.6 Å². The average molecular weight is 463 g/mol. The molecule has 1 aliphatic carbocycles. The molecule has 1 amide bonds. The van der Waals surface area contributed by atoms with E-state index < -0.39 is 12.0 Å². The summed E-state index contributed by atoms with van der Waals surface area (Å²) in [5, 5.41) is 14.5. The fourth-order valence-electron chi connectivity index (χ4n) is 4.64. The first-order valence-electron chi connectivity index (χ1n) is 10.8. The molecule has 0 saturated heterocycles. The summed E-state index contributed by atoms with van der Waals surface area (Å²) in [7, 11) is 0. The Morgan fingerprint density at radius 1 is 1.09 bits per heavy atom. The van der Waals surface area contributed by atoms with Crippen molar-refractivity contribution >= 4 is 40.4 Å². The molecule has 2 aliphatic rings. The Labute approximate surface area is 194 Å². The van der Waals surface area contributed by atoms with Crippen LogP contribution in [0.1, 0.15) is 48.3 Å². The monoisotopic (exact) mass is 462 g/mol. The number of aliphatic carboxylic acids is 1. The molecule has 5 rings (SSSR count). The lowest BCUT2D eigenvalue weighted by molar-refractivity contribution is -0.138. The van der Waals surface area contributed by atoms with Crippen LogP contribution in [-0.4, -0.2) is 22.8 Å². The van der Waals surface area contributed by atoms with Crippen molar-refractivity contribution in [1.29, 1.82) is 0 Å². The number of nitrogens with zero attached hydrogens (tertiary/aromatic N) is 1. The van der Waals surface area contributed by atoms with Gasteiger partial charge in [-0.05, 0) is 42.1 Å². The largest absolute Gasteiger partial charge is 0.481 e. The number of allylic oxidation sites excluding steroid dienone is 1. The number of fused-ring (bicyclic) bond motifs is 1. The van der Waals surface area contributed by atoms with Gasteiger partial charge < -0.3 is 14.8 Å². The molecule has 33 heavy (non-hydrogen) atoms. The Hall–Kier alpha value is -3.65. The number of ketones is 1. The van der Waals surface area contributed by atoms with Crippen LogP contribution < -0.4 is 10.2 Å². The minimum absolute atomic E-state index is 0.0487. The van der Waals surface area contributed by atoms with Gasteiger partial charge >= 0.3 is 5.97 Å². The van der Waals surface area contributed by atoms with E-state index in [2.05, 4.69) is 5.32 Å². The zero-order valence-electron chi connectivity index (χ0n) is 17.7. The molecule has 0 saturated carbocycles. The van der Waals surface area contributed by atoms with Crippen LogP contribution >= 0.6 is 11.3 Å². The maximum absolute atomic E-state index is 13.6. The number of benzene rings is 1. The van der Waals surface area contributed by atoms with Crippen molar-refractivity contribution in [2.75, 3.05) is 10.2 Å². The van der Waals surface area contributed by atoms with Gasteiger partial charge in [-0.3, -0.25) is 19.3 Å². The Balaban J connectivity index is 1.66. The first-order valence-corrected chi connectivity index (χ1v) is 11.6.